The van der Waals surface area contributed by atoms with Crippen molar-refractivity contribution >= 4 is 45.2 Å². The number of rotatable bonds is 8. The highest BCUT2D eigenvalue weighted by Crippen LogP contribution is 2.38. The van der Waals surface area contributed by atoms with Gasteiger partial charge < -0.3 is 15.3 Å². The van der Waals surface area contributed by atoms with Gasteiger partial charge in [0.05, 0.1) is 5.69 Å². The molecule has 0 spiro atoms. The van der Waals surface area contributed by atoms with Gasteiger partial charge in [-0.3, -0.25) is 4.79 Å². The molecule has 2 heterocycles. The fourth-order valence-corrected chi connectivity index (χ4v) is 5.34. The summed E-state index contributed by atoms with van der Waals surface area (Å²) in [4.78, 5) is 20.9. The fraction of sp³-hybridized carbons (Fsp3) is 0.179. The molecule has 0 aliphatic rings. The monoisotopic (exact) mass is 453 g/mol. The van der Waals surface area contributed by atoms with Gasteiger partial charge in [0.2, 0.25) is 5.91 Å². The van der Waals surface area contributed by atoms with Crippen molar-refractivity contribution in [1.29, 1.82) is 0 Å². The molecule has 3 N–H and O–H groups in total. The molecular weight excluding hydrogens is 426 g/mol. The minimum Gasteiger partial charge on any atom is -0.361 e. The molecule has 0 bridgehead atoms. The third-order valence-electron chi connectivity index (χ3n) is 6.11. The smallest absolute Gasteiger partial charge is 0.224 e. The lowest BCUT2D eigenvalue weighted by molar-refractivity contribution is -0.116. The molecule has 0 atom stereocenters. The van der Waals surface area contributed by atoms with E-state index in [0.717, 1.165) is 33.8 Å². The molecule has 5 heteroatoms. The normalized spacial score (nSPS) is 11.5. The summed E-state index contributed by atoms with van der Waals surface area (Å²) < 4.78 is 0. The summed E-state index contributed by atoms with van der Waals surface area (Å²) in [6, 6.07) is 24.8. The van der Waals surface area contributed by atoms with E-state index in [1.54, 1.807) is 11.8 Å². The Morgan fingerprint density at radius 2 is 1.42 bits per heavy atom. The Morgan fingerprint density at radius 1 is 0.848 bits per heavy atom. The largest absolute Gasteiger partial charge is 0.361 e. The summed E-state index contributed by atoms with van der Waals surface area (Å²) in [5.41, 5.74) is 5.58. The van der Waals surface area contributed by atoms with E-state index >= 15 is 0 Å². The van der Waals surface area contributed by atoms with Gasteiger partial charge in [-0.25, -0.2) is 0 Å². The highest BCUT2D eigenvalue weighted by atomic mass is 32.2. The second kappa shape index (κ2) is 9.59. The topological polar surface area (TPSA) is 60.7 Å². The zero-order valence-electron chi connectivity index (χ0n) is 18.6. The van der Waals surface area contributed by atoms with E-state index < -0.39 is 0 Å². The number of amides is 1. The molecule has 0 saturated carbocycles. The second-order valence-electron chi connectivity index (χ2n) is 8.15. The summed E-state index contributed by atoms with van der Waals surface area (Å²) >= 11 is 1.74. The summed E-state index contributed by atoms with van der Waals surface area (Å²) in [6.07, 6.45) is 5.36. The number of hydrogen-bond acceptors (Lipinski definition) is 2. The number of anilines is 1. The molecule has 2 aromatic heterocycles. The number of H-pyrrole nitrogens is 2. The Kier molecular flexibility index (Phi) is 6.22. The number of benzene rings is 3. The Balaban J connectivity index is 1.44. The molecule has 5 rings (SSSR count). The zero-order chi connectivity index (χ0) is 22.6. The average Bonchev–Trinajstić information content (AvgIpc) is 3.46. The van der Waals surface area contributed by atoms with Gasteiger partial charge in [0, 0.05) is 51.4 Å². The van der Waals surface area contributed by atoms with Gasteiger partial charge in [-0.15, -0.1) is 11.8 Å². The fourth-order valence-electron chi connectivity index (χ4n) is 4.58. The van der Waals surface area contributed by atoms with E-state index in [0.29, 0.717) is 6.42 Å². The van der Waals surface area contributed by atoms with Crippen LogP contribution in [0.3, 0.4) is 0 Å². The predicted octanol–water partition coefficient (Wildman–Crippen LogP) is 7.31. The number of aromatic amines is 2. The van der Waals surface area contributed by atoms with E-state index in [2.05, 4.69) is 77.1 Å². The predicted molar refractivity (Wildman–Crippen MR) is 139 cm³/mol. The maximum atomic E-state index is 13.0. The second-order valence-corrected chi connectivity index (χ2v) is 9.45. The van der Waals surface area contributed by atoms with Crippen LogP contribution in [-0.2, 0) is 4.79 Å². The summed E-state index contributed by atoms with van der Waals surface area (Å²) in [7, 11) is 0. The first-order valence-electron chi connectivity index (χ1n) is 11.4. The van der Waals surface area contributed by atoms with Crippen molar-refractivity contribution in [3.05, 3.63) is 96.3 Å². The van der Waals surface area contributed by atoms with Crippen molar-refractivity contribution < 1.29 is 4.79 Å². The van der Waals surface area contributed by atoms with Gasteiger partial charge >= 0.3 is 0 Å². The van der Waals surface area contributed by atoms with Crippen LogP contribution < -0.4 is 5.32 Å². The number of fused-ring (bicyclic) bond motifs is 2. The van der Waals surface area contributed by atoms with Crippen LogP contribution >= 0.6 is 11.8 Å². The lowest BCUT2D eigenvalue weighted by Crippen LogP contribution is -2.14. The highest BCUT2D eigenvalue weighted by molar-refractivity contribution is 7.99. The van der Waals surface area contributed by atoms with Crippen molar-refractivity contribution in [3.63, 3.8) is 0 Å². The molecular formula is C28H27N3OS. The summed E-state index contributed by atoms with van der Waals surface area (Å²) in [5, 5.41) is 5.55. The molecule has 3 aromatic carbocycles. The van der Waals surface area contributed by atoms with E-state index in [9.17, 15) is 4.79 Å². The van der Waals surface area contributed by atoms with Crippen LogP contribution in [0.5, 0.6) is 0 Å². The lowest BCUT2D eigenvalue weighted by Gasteiger charge is -2.17. The number of hydrogen-bond donors (Lipinski definition) is 3. The molecule has 4 nitrogen and oxygen atoms in total. The van der Waals surface area contributed by atoms with Crippen molar-refractivity contribution in [2.75, 3.05) is 11.1 Å². The SMILES string of the molecule is CCSc1ccccc1NC(=O)CCC(c1c[nH]c2ccccc12)c1c[nH]c2ccccc12. The molecule has 0 unspecified atom stereocenters. The maximum Gasteiger partial charge on any atom is 0.224 e. The van der Waals surface area contributed by atoms with Crippen LogP contribution in [0.25, 0.3) is 21.8 Å². The third-order valence-corrected chi connectivity index (χ3v) is 7.07. The first kappa shape index (κ1) is 21.4. The maximum absolute atomic E-state index is 13.0. The van der Waals surface area contributed by atoms with Gasteiger partial charge in [-0.05, 0) is 47.6 Å². The zero-order valence-corrected chi connectivity index (χ0v) is 19.4. The highest BCUT2D eigenvalue weighted by Gasteiger charge is 2.22. The van der Waals surface area contributed by atoms with Crippen molar-refractivity contribution in [1.82, 2.24) is 9.97 Å². The number of aromatic nitrogens is 2. The number of nitrogens with one attached hydrogen (secondary N) is 3. The molecule has 0 aliphatic carbocycles. The Bertz CT molecular complexity index is 1330. The molecule has 33 heavy (non-hydrogen) atoms. The van der Waals surface area contributed by atoms with E-state index in [1.165, 1.54) is 21.9 Å². The quantitative estimate of drug-likeness (QED) is 0.216. The van der Waals surface area contributed by atoms with Crippen LogP contribution in [0, 0.1) is 0 Å². The summed E-state index contributed by atoms with van der Waals surface area (Å²) in [5.74, 6) is 1.11. The number of thioether (sulfide) groups is 1. The number of carbonyl (C=O) groups is 1. The van der Waals surface area contributed by atoms with Crippen LogP contribution in [0.4, 0.5) is 5.69 Å². The Labute approximate surface area is 197 Å². The Hall–Kier alpha value is -3.44. The van der Waals surface area contributed by atoms with Crippen molar-refractivity contribution in [2.45, 2.75) is 30.6 Å². The van der Waals surface area contributed by atoms with Gasteiger partial charge in [-0.1, -0.05) is 55.5 Å². The lowest BCUT2D eigenvalue weighted by atomic mass is 9.87. The third kappa shape index (κ3) is 4.41. The molecule has 5 aromatic rings. The van der Waals surface area contributed by atoms with Crippen LogP contribution in [0.2, 0.25) is 0 Å². The van der Waals surface area contributed by atoms with Crippen LogP contribution in [0.15, 0.2) is 90.1 Å². The van der Waals surface area contributed by atoms with E-state index in [4.69, 9.17) is 0 Å². The van der Waals surface area contributed by atoms with Gasteiger partial charge in [0.15, 0.2) is 0 Å². The molecule has 1 amide bonds. The molecule has 0 saturated heterocycles. The number of carbonyl (C=O) groups excluding carboxylic acids is 1. The minimum absolute atomic E-state index is 0.0452. The van der Waals surface area contributed by atoms with E-state index in [1.807, 2.05) is 30.3 Å². The van der Waals surface area contributed by atoms with Gasteiger partial charge in [0.1, 0.15) is 0 Å². The molecule has 0 aliphatic heterocycles. The van der Waals surface area contributed by atoms with Crippen LogP contribution in [0.1, 0.15) is 36.8 Å². The first-order chi connectivity index (χ1) is 16.2. The van der Waals surface area contributed by atoms with Gasteiger partial charge in [0.25, 0.3) is 0 Å². The van der Waals surface area contributed by atoms with Gasteiger partial charge in [-0.2, -0.15) is 0 Å². The Morgan fingerprint density at radius 3 is 2.06 bits per heavy atom. The molecule has 166 valence electrons. The minimum atomic E-state index is 0.0452. The van der Waals surface area contributed by atoms with Crippen LogP contribution in [-0.4, -0.2) is 21.6 Å². The van der Waals surface area contributed by atoms with Crippen molar-refractivity contribution in [3.8, 4) is 0 Å². The molecule has 0 fully saturated rings. The average molecular weight is 454 g/mol. The molecule has 0 radical (unpaired) electrons. The standard InChI is InChI=1S/C28H27N3OS/c1-2-33-27-14-8-7-13-26(27)31-28(32)16-15-19(22-17-29-24-11-5-3-9-20(22)24)23-18-30-25-12-6-4-10-21(23)25/h3-14,17-19,29-30H,2,15-16H2,1H3,(H,31,32). The summed E-state index contributed by atoms with van der Waals surface area (Å²) in [6.45, 7) is 2.12. The van der Waals surface area contributed by atoms with Crippen molar-refractivity contribution in [2.24, 2.45) is 0 Å². The number of para-hydroxylation sites is 3. The van der Waals surface area contributed by atoms with E-state index in [-0.39, 0.29) is 11.8 Å². The first-order valence-corrected chi connectivity index (χ1v) is 12.4.